The molecule has 0 aliphatic carbocycles. The standard InChI is InChI=1S/C20H22N2O5/c1-13(23)21-9-8-15-11-19(26-2)20(27-3)12-17(15)18(21)10-14-4-6-16(7-5-14)22(24)25/h4-7,11-12,18H,8-10H2,1-3H3/t18-/m0/s1. The summed E-state index contributed by atoms with van der Waals surface area (Å²) >= 11 is 0. The Morgan fingerprint density at radius 2 is 1.81 bits per heavy atom. The molecule has 1 heterocycles. The number of fused-ring (bicyclic) bond motifs is 1. The highest BCUT2D eigenvalue weighted by molar-refractivity contribution is 5.74. The second-order valence-electron chi connectivity index (χ2n) is 6.51. The molecule has 0 aromatic heterocycles. The van der Waals surface area contributed by atoms with Gasteiger partial charge in [0.05, 0.1) is 25.2 Å². The molecule has 1 aliphatic heterocycles. The van der Waals surface area contributed by atoms with Crippen LogP contribution in [0.4, 0.5) is 5.69 Å². The van der Waals surface area contributed by atoms with Crippen molar-refractivity contribution in [1.82, 2.24) is 4.90 Å². The molecule has 0 unspecified atom stereocenters. The highest BCUT2D eigenvalue weighted by Crippen LogP contribution is 2.39. The van der Waals surface area contributed by atoms with Crippen molar-refractivity contribution in [3.05, 3.63) is 63.2 Å². The minimum Gasteiger partial charge on any atom is -0.493 e. The van der Waals surface area contributed by atoms with Crippen molar-refractivity contribution < 1.29 is 19.2 Å². The Morgan fingerprint density at radius 1 is 1.19 bits per heavy atom. The second kappa shape index (κ2) is 7.65. The van der Waals surface area contributed by atoms with Crippen molar-refractivity contribution in [3.8, 4) is 11.5 Å². The van der Waals surface area contributed by atoms with Gasteiger partial charge < -0.3 is 14.4 Å². The van der Waals surface area contributed by atoms with Crippen LogP contribution in [0.3, 0.4) is 0 Å². The highest BCUT2D eigenvalue weighted by atomic mass is 16.6. The number of ether oxygens (including phenoxy) is 2. The van der Waals surface area contributed by atoms with Crippen LogP contribution >= 0.6 is 0 Å². The Bertz CT molecular complexity index is 863. The molecule has 0 spiro atoms. The first-order valence-electron chi connectivity index (χ1n) is 8.70. The number of nitro benzene ring substituents is 1. The van der Waals surface area contributed by atoms with Crippen molar-refractivity contribution >= 4 is 11.6 Å². The number of carbonyl (C=O) groups excluding carboxylic acids is 1. The predicted molar refractivity (Wildman–Crippen MR) is 100 cm³/mol. The zero-order valence-electron chi connectivity index (χ0n) is 15.6. The molecule has 27 heavy (non-hydrogen) atoms. The average Bonchev–Trinajstić information content (AvgIpc) is 2.67. The van der Waals surface area contributed by atoms with E-state index in [0.29, 0.717) is 24.5 Å². The van der Waals surface area contributed by atoms with E-state index in [1.165, 1.54) is 12.1 Å². The van der Waals surface area contributed by atoms with Crippen LogP contribution in [0.25, 0.3) is 0 Å². The fourth-order valence-electron chi connectivity index (χ4n) is 3.60. The smallest absolute Gasteiger partial charge is 0.269 e. The summed E-state index contributed by atoms with van der Waals surface area (Å²) in [5, 5.41) is 10.9. The maximum atomic E-state index is 12.2. The van der Waals surface area contributed by atoms with Gasteiger partial charge in [-0.1, -0.05) is 12.1 Å². The third-order valence-electron chi connectivity index (χ3n) is 4.98. The summed E-state index contributed by atoms with van der Waals surface area (Å²) in [6.45, 7) is 2.18. The van der Waals surface area contributed by atoms with Crippen LogP contribution < -0.4 is 9.47 Å². The fraction of sp³-hybridized carbons (Fsp3) is 0.350. The molecule has 7 heteroatoms. The third-order valence-corrected chi connectivity index (χ3v) is 4.98. The first-order valence-corrected chi connectivity index (χ1v) is 8.70. The molecule has 0 saturated carbocycles. The van der Waals surface area contributed by atoms with Crippen LogP contribution in [-0.4, -0.2) is 36.5 Å². The topological polar surface area (TPSA) is 81.9 Å². The quantitative estimate of drug-likeness (QED) is 0.596. The van der Waals surface area contributed by atoms with Gasteiger partial charge in [-0.25, -0.2) is 0 Å². The molecule has 3 rings (SSSR count). The molecule has 142 valence electrons. The Labute approximate surface area is 157 Å². The molecule has 2 aromatic carbocycles. The van der Waals surface area contributed by atoms with E-state index in [4.69, 9.17) is 9.47 Å². The van der Waals surface area contributed by atoms with E-state index in [1.54, 1.807) is 33.3 Å². The van der Waals surface area contributed by atoms with Crippen molar-refractivity contribution in [3.63, 3.8) is 0 Å². The summed E-state index contributed by atoms with van der Waals surface area (Å²) in [4.78, 5) is 24.5. The number of nitrogens with zero attached hydrogens (tertiary/aromatic N) is 2. The van der Waals surface area contributed by atoms with E-state index >= 15 is 0 Å². The maximum absolute atomic E-state index is 12.2. The molecule has 1 amide bonds. The lowest BCUT2D eigenvalue weighted by atomic mass is 9.88. The number of hydrogen-bond donors (Lipinski definition) is 0. The van der Waals surface area contributed by atoms with Crippen LogP contribution in [0.2, 0.25) is 0 Å². The molecular weight excluding hydrogens is 348 g/mol. The summed E-state index contributed by atoms with van der Waals surface area (Å²) in [6.07, 6.45) is 1.31. The summed E-state index contributed by atoms with van der Waals surface area (Å²) < 4.78 is 10.8. The van der Waals surface area contributed by atoms with Crippen LogP contribution in [0, 0.1) is 10.1 Å². The van der Waals surface area contributed by atoms with Gasteiger partial charge in [0, 0.05) is 25.6 Å². The number of non-ortho nitro benzene ring substituents is 1. The molecule has 0 N–H and O–H groups in total. The lowest BCUT2D eigenvalue weighted by molar-refractivity contribution is -0.384. The minimum absolute atomic E-state index is 0.00217. The van der Waals surface area contributed by atoms with E-state index in [0.717, 1.165) is 23.1 Å². The first kappa shape index (κ1) is 18.7. The van der Waals surface area contributed by atoms with E-state index in [2.05, 4.69) is 0 Å². The maximum Gasteiger partial charge on any atom is 0.269 e. The second-order valence-corrected chi connectivity index (χ2v) is 6.51. The van der Waals surface area contributed by atoms with Crippen molar-refractivity contribution in [2.75, 3.05) is 20.8 Å². The number of carbonyl (C=O) groups is 1. The van der Waals surface area contributed by atoms with Gasteiger partial charge >= 0.3 is 0 Å². The number of benzene rings is 2. The van der Waals surface area contributed by atoms with Gasteiger partial charge in [0.15, 0.2) is 11.5 Å². The SMILES string of the molecule is COc1cc2c(cc1OC)[C@H](Cc1ccc([N+](=O)[O-])cc1)N(C(C)=O)CC2. The molecule has 7 nitrogen and oxygen atoms in total. The number of rotatable bonds is 5. The monoisotopic (exact) mass is 370 g/mol. The van der Waals surface area contributed by atoms with Crippen LogP contribution in [-0.2, 0) is 17.6 Å². The normalized spacial score (nSPS) is 15.8. The van der Waals surface area contributed by atoms with Crippen molar-refractivity contribution in [1.29, 1.82) is 0 Å². The molecule has 0 fully saturated rings. The number of hydrogen-bond acceptors (Lipinski definition) is 5. The summed E-state index contributed by atoms with van der Waals surface area (Å²) in [7, 11) is 3.18. The van der Waals surface area contributed by atoms with E-state index in [1.807, 2.05) is 17.0 Å². The van der Waals surface area contributed by atoms with Gasteiger partial charge in [0.25, 0.3) is 5.69 Å². The lowest BCUT2D eigenvalue weighted by Crippen LogP contribution is -2.39. The van der Waals surface area contributed by atoms with Crippen LogP contribution in [0.5, 0.6) is 11.5 Å². The Kier molecular flexibility index (Phi) is 5.30. The molecule has 1 aliphatic rings. The fourth-order valence-corrected chi connectivity index (χ4v) is 3.60. The third kappa shape index (κ3) is 3.72. The van der Waals surface area contributed by atoms with Crippen molar-refractivity contribution in [2.45, 2.75) is 25.8 Å². The Balaban J connectivity index is 2.00. The first-order chi connectivity index (χ1) is 12.9. The zero-order valence-corrected chi connectivity index (χ0v) is 15.6. The van der Waals surface area contributed by atoms with Crippen molar-refractivity contribution in [2.24, 2.45) is 0 Å². The molecule has 0 bridgehead atoms. The molecular formula is C20H22N2O5. The largest absolute Gasteiger partial charge is 0.493 e. The molecule has 0 radical (unpaired) electrons. The zero-order chi connectivity index (χ0) is 19.6. The van der Waals surface area contributed by atoms with Gasteiger partial charge in [-0.2, -0.15) is 0 Å². The number of methoxy groups -OCH3 is 2. The van der Waals surface area contributed by atoms with Crippen LogP contribution in [0.15, 0.2) is 36.4 Å². The minimum atomic E-state index is -0.418. The van der Waals surface area contributed by atoms with E-state index < -0.39 is 4.92 Å². The Morgan fingerprint density at radius 3 is 2.37 bits per heavy atom. The molecule has 2 aromatic rings. The average molecular weight is 370 g/mol. The molecule has 0 saturated heterocycles. The molecule has 1 atom stereocenters. The van der Waals surface area contributed by atoms with Gasteiger partial charge in [0.1, 0.15) is 0 Å². The number of amides is 1. The van der Waals surface area contributed by atoms with E-state index in [9.17, 15) is 14.9 Å². The summed E-state index contributed by atoms with van der Waals surface area (Å²) in [6, 6.07) is 10.2. The number of nitro groups is 1. The predicted octanol–water partition coefficient (Wildman–Crippen LogP) is 3.30. The Hall–Kier alpha value is -3.09. The van der Waals surface area contributed by atoms with E-state index in [-0.39, 0.29) is 17.6 Å². The van der Waals surface area contributed by atoms with Gasteiger partial charge in [-0.05, 0) is 41.7 Å². The highest BCUT2D eigenvalue weighted by Gasteiger charge is 2.30. The van der Waals surface area contributed by atoms with Gasteiger partial charge in [-0.3, -0.25) is 14.9 Å². The lowest BCUT2D eigenvalue weighted by Gasteiger charge is -2.37. The summed E-state index contributed by atoms with van der Waals surface area (Å²) in [5.41, 5.74) is 3.13. The van der Waals surface area contributed by atoms with Gasteiger partial charge in [-0.15, -0.1) is 0 Å². The summed E-state index contributed by atoms with van der Waals surface area (Å²) in [5.74, 6) is 1.29. The van der Waals surface area contributed by atoms with Crippen LogP contribution in [0.1, 0.15) is 29.7 Å². The van der Waals surface area contributed by atoms with Gasteiger partial charge in [0.2, 0.25) is 5.91 Å².